The topological polar surface area (TPSA) is 64.6 Å². The summed E-state index contributed by atoms with van der Waals surface area (Å²) in [6.45, 7) is 1.72. The summed E-state index contributed by atoms with van der Waals surface area (Å²) in [5.74, 6) is -0.793. The van der Waals surface area contributed by atoms with E-state index in [0.717, 1.165) is 5.56 Å². The molecule has 0 aliphatic rings. The molecule has 0 aliphatic carbocycles. The van der Waals surface area contributed by atoms with Crippen LogP contribution in [0.25, 0.3) is 0 Å². The molecule has 0 aliphatic heterocycles. The van der Waals surface area contributed by atoms with Gasteiger partial charge >= 0.3 is 5.97 Å². The van der Waals surface area contributed by atoms with Gasteiger partial charge < -0.3 is 14.8 Å². The fourth-order valence-electron chi connectivity index (χ4n) is 1.46. The van der Waals surface area contributed by atoms with Crippen LogP contribution in [0, 0.1) is 6.92 Å². The van der Waals surface area contributed by atoms with E-state index in [1.165, 1.54) is 14.2 Å². The average molecular weight is 237 g/mol. The van der Waals surface area contributed by atoms with Crippen molar-refractivity contribution in [1.82, 2.24) is 0 Å². The van der Waals surface area contributed by atoms with Crippen LogP contribution in [0.2, 0.25) is 0 Å². The number of anilines is 1. The monoisotopic (exact) mass is 237 g/mol. The second kappa shape index (κ2) is 6.00. The molecule has 0 saturated carbocycles. The number of benzene rings is 1. The zero-order valence-corrected chi connectivity index (χ0v) is 10.1. The zero-order valence-electron chi connectivity index (χ0n) is 10.1. The summed E-state index contributed by atoms with van der Waals surface area (Å²) in [7, 11) is 2.73. The first-order valence-corrected chi connectivity index (χ1v) is 5.07. The molecule has 0 radical (unpaired) electrons. The predicted octanol–water partition coefficient (Wildman–Crippen LogP) is 1.37. The second-order valence-electron chi connectivity index (χ2n) is 3.47. The number of methoxy groups -OCH3 is 2. The zero-order chi connectivity index (χ0) is 12.8. The van der Waals surface area contributed by atoms with Crippen LogP contribution >= 0.6 is 0 Å². The van der Waals surface area contributed by atoms with Crippen molar-refractivity contribution in [2.75, 3.05) is 26.1 Å². The van der Waals surface area contributed by atoms with Crippen molar-refractivity contribution >= 4 is 17.6 Å². The molecule has 1 aromatic rings. The van der Waals surface area contributed by atoms with Crippen LogP contribution in [0.15, 0.2) is 18.2 Å². The van der Waals surface area contributed by atoms with E-state index in [4.69, 9.17) is 4.74 Å². The van der Waals surface area contributed by atoms with Crippen LogP contribution in [-0.2, 0) is 14.3 Å². The van der Waals surface area contributed by atoms with Gasteiger partial charge in [-0.05, 0) is 18.6 Å². The molecule has 17 heavy (non-hydrogen) atoms. The summed E-state index contributed by atoms with van der Waals surface area (Å²) in [4.78, 5) is 23.0. The number of amides is 1. The van der Waals surface area contributed by atoms with E-state index in [1.54, 1.807) is 25.1 Å². The molecular weight excluding hydrogens is 222 g/mol. The minimum atomic E-state index is -0.476. The SMILES string of the molecule is COCC(=O)Nc1cccc(C)c1C(=O)OC. The summed E-state index contributed by atoms with van der Waals surface area (Å²) < 4.78 is 9.38. The first-order chi connectivity index (χ1) is 8.10. The van der Waals surface area contributed by atoms with E-state index in [1.807, 2.05) is 0 Å². The van der Waals surface area contributed by atoms with Crippen molar-refractivity contribution in [2.45, 2.75) is 6.92 Å². The first-order valence-electron chi connectivity index (χ1n) is 5.07. The Balaban J connectivity index is 3.02. The van der Waals surface area contributed by atoms with Gasteiger partial charge in [0.25, 0.3) is 0 Å². The van der Waals surface area contributed by atoms with Crippen molar-refractivity contribution in [3.63, 3.8) is 0 Å². The third kappa shape index (κ3) is 3.29. The van der Waals surface area contributed by atoms with Crippen LogP contribution in [0.1, 0.15) is 15.9 Å². The molecule has 5 heteroatoms. The summed E-state index contributed by atoms with van der Waals surface area (Å²) >= 11 is 0. The highest BCUT2D eigenvalue weighted by molar-refractivity contribution is 6.02. The lowest BCUT2D eigenvalue weighted by Crippen LogP contribution is -2.19. The van der Waals surface area contributed by atoms with Crippen LogP contribution in [-0.4, -0.2) is 32.7 Å². The minimum absolute atomic E-state index is 0.0610. The Bertz CT molecular complexity index is 429. The number of hydrogen-bond donors (Lipinski definition) is 1. The Hall–Kier alpha value is -1.88. The maximum Gasteiger partial charge on any atom is 0.340 e. The molecule has 0 atom stereocenters. The molecule has 1 aromatic carbocycles. The summed E-state index contributed by atoms with van der Waals surface area (Å²) in [6.07, 6.45) is 0. The van der Waals surface area contributed by atoms with Crippen molar-refractivity contribution in [3.05, 3.63) is 29.3 Å². The first kappa shape index (κ1) is 13.2. The van der Waals surface area contributed by atoms with E-state index in [-0.39, 0.29) is 12.5 Å². The number of ether oxygens (including phenoxy) is 2. The lowest BCUT2D eigenvalue weighted by atomic mass is 10.1. The van der Waals surface area contributed by atoms with Gasteiger partial charge in [-0.3, -0.25) is 4.79 Å². The molecule has 0 unspecified atom stereocenters. The number of nitrogens with one attached hydrogen (secondary N) is 1. The summed E-state index contributed by atoms with van der Waals surface area (Å²) in [5, 5.41) is 2.60. The molecule has 5 nitrogen and oxygen atoms in total. The second-order valence-corrected chi connectivity index (χ2v) is 3.47. The Kier molecular flexibility index (Phi) is 4.66. The maximum absolute atomic E-state index is 11.6. The Labute approximate surface area is 99.7 Å². The smallest absolute Gasteiger partial charge is 0.340 e. The van der Waals surface area contributed by atoms with Gasteiger partial charge in [0.05, 0.1) is 18.4 Å². The molecule has 0 saturated heterocycles. The Morgan fingerprint density at radius 1 is 1.29 bits per heavy atom. The van der Waals surface area contributed by atoms with Gasteiger partial charge in [0.15, 0.2) is 0 Å². The molecule has 1 N–H and O–H groups in total. The van der Waals surface area contributed by atoms with Crippen molar-refractivity contribution in [3.8, 4) is 0 Å². The van der Waals surface area contributed by atoms with Gasteiger partial charge in [-0.2, -0.15) is 0 Å². The van der Waals surface area contributed by atoms with Gasteiger partial charge in [0.2, 0.25) is 5.91 Å². The van der Waals surface area contributed by atoms with Crippen LogP contribution in [0.4, 0.5) is 5.69 Å². The highest BCUT2D eigenvalue weighted by atomic mass is 16.5. The lowest BCUT2D eigenvalue weighted by molar-refractivity contribution is -0.119. The number of rotatable bonds is 4. The number of aryl methyl sites for hydroxylation is 1. The van der Waals surface area contributed by atoms with Gasteiger partial charge in [0.1, 0.15) is 6.61 Å². The largest absolute Gasteiger partial charge is 0.465 e. The summed E-state index contributed by atoms with van der Waals surface area (Å²) in [5.41, 5.74) is 1.53. The number of carbonyl (C=O) groups is 2. The van der Waals surface area contributed by atoms with Gasteiger partial charge in [-0.25, -0.2) is 4.79 Å². The van der Waals surface area contributed by atoms with E-state index >= 15 is 0 Å². The molecule has 0 spiro atoms. The molecule has 0 aromatic heterocycles. The molecule has 0 bridgehead atoms. The highest BCUT2D eigenvalue weighted by Gasteiger charge is 2.16. The number of esters is 1. The fourth-order valence-corrected chi connectivity index (χ4v) is 1.46. The maximum atomic E-state index is 11.6. The lowest BCUT2D eigenvalue weighted by Gasteiger charge is -2.11. The van der Waals surface area contributed by atoms with Crippen molar-refractivity contribution in [1.29, 1.82) is 0 Å². The van der Waals surface area contributed by atoms with E-state index in [0.29, 0.717) is 11.3 Å². The van der Waals surface area contributed by atoms with Crippen molar-refractivity contribution < 1.29 is 19.1 Å². The fraction of sp³-hybridized carbons (Fsp3) is 0.333. The van der Waals surface area contributed by atoms with Gasteiger partial charge in [-0.1, -0.05) is 12.1 Å². The minimum Gasteiger partial charge on any atom is -0.465 e. The number of carbonyl (C=O) groups excluding carboxylic acids is 2. The Morgan fingerprint density at radius 2 is 2.00 bits per heavy atom. The molecule has 92 valence electrons. The van der Waals surface area contributed by atoms with Crippen LogP contribution in [0.5, 0.6) is 0 Å². The van der Waals surface area contributed by atoms with Crippen molar-refractivity contribution in [2.24, 2.45) is 0 Å². The van der Waals surface area contributed by atoms with Gasteiger partial charge in [-0.15, -0.1) is 0 Å². The molecule has 0 heterocycles. The van der Waals surface area contributed by atoms with E-state index in [2.05, 4.69) is 10.1 Å². The predicted molar refractivity (Wildman–Crippen MR) is 63.0 cm³/mol. The van der Waals surface area contributed by atoms with E-state index < -0.39 is 5.97 Å². The van der Waals surface area contributed by atoms with Gasteiger partial charge in [0, 0.05) is 7.11 Å². The third-order valence-corrected chi connectivity index (χ3v) is 2.21. The van der Waals surface area contributed by atoms with E-state index in [9.17, 15) is 9.59 Å². The quantitative estimate of drug-likeness (QED) is 0.803. The van der Waals surface area contributed by atoms with Crippen LogP contribution < -0.4 is 5.32 Å². The normalized spacial score (nSPS) is 9.82. The number of hydrogen-bond acceptors (Lipinski definition) is 4. The molecule has 1 rings (SSSR count). The standard InChI is InChI=1S/C12H15NO4/c1-8-5-4-6-9(11(8)12(15)17-3)13-10(14)7-16-2/h4-6H,7H2,1-3H3,(H,13,14). The molecular formula is C12H15NO4. The average Bonchev–Trinajstić information content (AvgIpc) is 2.28. The highest BCUT2D eigenvalue weighted by Crippen LogP contribution is 2.20. The van der Waals surface area contributed by atoms with Crippen LogP contribution in [0.3, 0.4) is 0 Å². The Morgan fingerprint density at radius 3 is 2.59 bits per heavy atom. The summed E-state index contributed by atoms with van der Waals surface area (Å²) in [6, 6.07) is 5.18. The third-order valence-electron chi connectivity index (χ3n) is 2.21. The molecule has 1 amide bonds. The molecule has 0 fully saturated rings.